The Morgan fingerprint density at radius 3 is 3.05 bits per heavy atom. The number of ether oxygens (including phenoxy) is 1. The maximum Gasteiger partial charge on any atom is 0.274 e. The summed E-state index contributed by atoms with van der Waals surface area (Å²) in [5.74, 6) is 1.17. The van der Waals surface area contributed by atoms with E-state index in [1.54, 1.807) is 0 Å². The van der Waals surface area contributed by atoms with E-state index < -0.39 is 0 Å². The highest BCUT2D eigenvalue weighted by molar-refractivity contribution is 5.95. The molecule has 0 saturated heterocycles. The molecule has 1 aromatic carbocycles. The first-order valence-corrected chi connectivity index (χ1v) is 6.72. The fourth-order valence-electron chi connectivity index (χ4n) is 2.16. The van der Waals surface area contributed by atoms with Crippen LogP contribution in [-0.4, -0.2) is 17.1 Å². The molecule has 0 aliphatic carbocycles. The largest absolute Gasteiger partial charge is 0.488 e. The van der Waals surface area contributed by atoms with Gasteiger partial charge in [-0.2, -0.15) is 0 Å². The Kier molecular flexibility index (Phi) is 3.18. The van der Waals surface area contributed by atoms with E-state index in [4.69, 9.17) is 9.26 Å². The van der Waals surface area contributed by atoms with E-state index >= 15 is 0 Å². The smallest absolute Gasteiger partial charge is 0.274 e. The number of rotatable bonds is 3. The van der Waals surface area contributed by atoms with Crippen molar-refractivity contribution in [2.24, 2.45) is 0 Å². The zero-order valence-corrected chi connectivity index (χ0v) is 11.5. The van der Waals surface area contributed by atoms with Gasteiger partial charge in [0.1, 0.15) is 12.4 Å². The normalized spacial score (nSPS) is 13.9. The Bertz CT molecular complexity index is 648. The first-order chi connectivity index (χ1) is 9.70. The number of nitrogens with zero attached hydrogens (tertiary/aromatic N) is 1. The fraction of sp³-hybridized carbons (Fsp3) is 0.333. The number of nitrogens with one attached hydrogen (secondary N) is 1. The van der Waals surface area contributed by atoms with E-state index in [-0.39, 0.29) is 11.9 Å². The van der Waals surface area contributed by atoms with Crippen molar-refractivity contribution in [3.05, 3.63) is 35.5 Å². The zero-order valence-electron chi connectivity index (χ0n) is 11.5. The fourth-order valence-corrected chi connectivity index (χ4v) is 2.16. The quantitative estimate of drug-likeness (QED) is 0.933. The van der Waals surface area contributed by atoms with Gasteiger partial charge in [0, 0.05) is 6.04 Å². The number of benzene rings is 1. The second kappa shape index (κ2) is 5.00. The van der Waals surface area contributed by atoms with Crippen molar-refractivity contribution in [2.75, 3.05) is 0 Å². The first kappa shape index (κ1) is 12.7. The highest BCUT2D eigenvalue weighted by atomic mass is 16.5. The molecule has 1 atom stereocenters. The highest BCUT2D eigenvalue weighted by Crippen LogP contribution is 2.38. The van der Waals surface area contributed by atoms with Crippen molar-refractivity contribution in [3.63, 3.8) is 0 Å². The van der Waals surface area contributed by atoms with Crippen LogP contribution in [0.15, 0.2) is 28.8 Å². The van der Waals surface area contributed by atoms with Gasteiger partial charge in [-0.1, -0.05) is 24.2 Å². The standard InChI is InChI=1S/C15H16N2O3/c1-3-9(2)16-15(18)13-11-8-19-12-7-5-4-6-10(12)14(11)20-17-13/h4-7,9H,3,8H2,1-2H3,(H,16,18)/t9-/m1/s1. The van der Waals surface area contributed by atoms with Crippen LogP contribution in [0.3, 0.4) is 0 Å². The summed E-state index contributed by atoms with van der Waals surface area (Å²) in [5, 5.41) is 6.81. The van der Waals surface area contributed by atoms with Crippen molar-refractivity contribution in [2.45, 2.75) is 32.9 Å². The Morgan fingerprint density at radius 2 is 2.25 bits per heavy atom. The summed E-state index contributed by atoms with van der Waals surface area (Å²) >= 11 is 0. The SMILES string of the molecule is CC[C@@H](C)NC(=O)c1noc2c1COc1ccccc1-2. The lowest BCUT2D eigenvalue weighted by molar-refractivity contribution is 0.0928. The number of carbonyl (C=O) groups is 1. The lowest BCUT2D eigenvalue weighted by Gasteiger charge is -2.16. The number of hydrogen-bond donors (Lipinski definition) is 1. The van der Waals surface area contributed by atoms with Crippen LogP contribution in [-0.2, 0) is 6.61 Å². The van der Waals surface area contributed by atoms with Gasteiger partial charge < -0.3 is 14.6 Å². The van der Waals surface area contributed by atoms with Gasteiger partial charge in [0.05, 0.1) is 11.1 Å². The molecule has 1 aliphatic heterocycles. The minimum Gasteiger partial charge on any atom is -0.488 e. The molecule has 1 amide bonds. The van der Waals surface area contributed by atoms with Crippen LogP contribution in [0.4, 0.5) is 0 Å². The molecule has 0 radical (unpaired) electrons. The summed E-state index contributed by atoms with van der Waals surface area (Å²) in [6.07, 6.45) is 0.866. The molecule has 5 nitrogen and oxygen atoms in total. The van der Waals surface area contributed by atoms with Crippen molar-refractivity contribution < 1.29 is 14.1 Å². The lowest BCUT2D eigenvalue weighted by atomic mass is 10.0. The van der Waals surface area contributed by atoms with Gasteiger partial charge >= 0.3 is 0 Å². The van der Waals surface area contributed by atoms with Crippen LogP contribution in [0.25, 0.3) is 11.3 Å². The molecule has 2 aromatic rings. The van der Waals surface area contributed by atoms with Gasteiger partial charge in [-0.3, -0.25) is 4.79 Å². The summed E-state index contributed by atoms with van der Waals surface area (Å²) in [7, 11) is 0. The third-order valence-electron chi connectivity index (χ3n) is 3.50. The monoisotopic (exact) mass is 272 g/mol. The van der Waals surface area contributed by atoms with Crippen molar-refractivity contribution in [1.82, 2.24) is 10.5 Å². The van der Waals surface area contributed by atoms with Crippen molar-refractivity contribution in [1.29, 1.82) is 0 Å². The average molecular weight is 272 g/mol. The molecule has 0 spiro atoms. The Hall–Kier alpha value is -2.30. The predicted molar refractivity (Wildman–Crippen MR) is 73.5 cm³/mol. The molecule has 1 aromatic heterocycles. The average Bonchev–Trinajstić information content (AvgIpc) is 2.91. The molecule has 0 fully saturated rings. The van der Waals surface area contributed by atoms with Gasteiger partial charge in [0.15, 0.2) is 11.5 Å². The van der Waals surface area contributed by atoms with Crippen LogP contribution in [0.5, 0.6) is 5.75 Å². The molecule has 2 heterocycles. The van der Waals surface area contributed by atoms with Crippen LogP contribution in [0.2, 0.25) is 0 Å². The minimum atomic E-state index is -0.215. The molecular weight excluding hydrogens is 256 g/mol. The molecule has 104 valence electrons. The molecule has 0 unspecified atom stereocenters. The summed E-state index contributed by atoms with van der Waals surface area (Å²) in [4.78, 5) is 12.2. The van der Waals surface area contributed by atoms with Crippen LogP contribution >= 0.6 is 0 Å². The third-order valence-corrected chi connectivity index (χ3v) is 3.50. The number of amides is 1. The molecule has 3 rings (SSSR count). The first-order valence-electron chi connectivity index (χ1n) is 6.72. The van der Waals surface area contributed by atoms with Crippen LogP contribution < -0.4 is 10.1 Å². The lowest BCUT2D eigenvalue weighted by Crippen LogP contribution is -2.33. The summed E-state index contributed by atoms with van der Waals surface area (Å²) < 4.78 is 11.0. The van der Waals surface area contributed by atoms with E-state index in [0.717, 1.165) is 17.7 Å². The van der Waals surface area contributed by atoms with E-state index in [1.165, 1.54) is 0 Å². The number of carbonyl (C=O) groups excluding carboxylic acids is 1. The molecule has 1 N–H and O–H groups in total. The molecular formula is C15H16N2O3. The topological polar surface area (TPSA) is 64.4 Å². The van der Waals surface area contributed by atoms with E-state index in [9.17, 15) is 4.79 Å². The zero-order chi connectivity index (χ0) is 14.1. The summed E-state index contributed by atoms with van der Waals surface area (Å²) in [6, 6.07) is 7.68. The molecule has 0 bridgehead atoms. The molecule has 0 saturated carbocycles. The second-order valence-electron chi connectivity index (χ2n) is 4.91. The molecule has 5 heteroatoms. The number of aromatic nitrogens is 1. The Morgan fingerprint density at radius 1 is 1.45 bits per heavy atom. The highest BCUT2D eigenvalue weighted by Gasteiger charge is 2.28. The Labute approximate surface area is 116 Å². The van der Waals surface area contributed by atoms with E-state index in [0.29, 0.717) is 23.6 Å². The molecule has 1 aliphatic rings. The summed E-state index contributed by atoms with van der Waals surface area (Å²) in [5.41, 5.74) is 1.86. The van der Waals surface area contributed by atoms with Crippen LogP contribution in [0, 0.1) is 0 Å². The number of hydrogen-bond acceptors (Lipinski definition) is 4. The maximum absolute atomic E-state index is 12.2. The second-order valence-corrected chi connectivity index (χ2v) is 4.91. The maximum atomic E-state index is 12.2. The number of para-hydroxylation sites is 1. The van der Waals surface area contributed by atoms with Gasteiger partial charge in [0.2, 0.25) is 0 Å². The van der Waals surface area contributed by atoms with Gasteiger partial charge in [-0.15, -0.1) is 0 Å². The third kappa shape index (κ3) is 2.05. The minimum absolute atomic E-state index is 0.103. The van der Waals surface area contributed by atoms with Gasteiger partial charge in [-0.25, -0.2) is 0 Å². The van der Waals surface area contributed by atoms with E-state index in [1.807, 2.05) is 38.1 Å². The van der Waals surface area contributed by atoms with Gasteiger partial charge in [0.25, 0.3) is 5.91 Å². The Balaban J connectivity index is 1.95. The summed E-state index contributed by atoms with van der Waals surface area (Å²) in [6.45, 7) is 4.28. The molecule has 20 heavy (non-hydrogen) atoms. The van der Waals surface area contributed by atoms with Crippen LogP contribution in [0.1, 0.15) is 36.3 Å². The van der Waals surface area contributed by atoms with Gasteiger partial charge in [-0.05, 0) is 25.5 Å². The number of fused-ring (bicyclic) bond motifs is 3. The van der Waals surface area contributed by atoms with E-state index in [2.05, 4.69) is 10.5 Å². The predicted octanol–water partition coefficient (Wildman–Crippen LogP) is 2.76. The van der Waals surface area contributed by atoms with Crippen molar-refractivity contribution in [3.8, 4) is 17.1 Å². The van der Waals surface area contributed by atoms with Crippen molar-refractivity contribution >= 4 is 5.91 Å².